The first-order valence-electron chi connectivity index (χ1n) is 11.4. The third-order valence-electron chi connectivity index (χ3n) is 5.03. The molecule has 0 radical (unpaired) electrons. The molecular weight excluding hydrogens is 342 g/mol. The summed E-state index contributed by atoms with van der Waals surface area (Å²) in [5.41, 5.74) is 0. The molecule has 0 aliphatic carbocycles. The van der Waals surface area contributed by atoms with Gasteiger partial charge in [-0.3, -0.25) is 4.90 Å². The minimum atomic E-state index is 0.0694. The molecule has 1 fully saturated rings. The first kappa shape index (κ1) is 26.8. The quantitative estimate of drug-likeness (QED) is 0.232. The summed E-state index contributed by atoms with van der Waals surface area (Å²) in [6.07, 6.45) is 19.3. The molecule has 0 aromatic carbocycles. The van der Waals surface area contributed by atoms with E-state index in [1.165, 1.54) is 83.5 Å². The number of epoxide rings is 1. The van der Waals surface area contributed by atoms with Crippen molar-refractivity contribution in [1.82, 2.24) is 4.90 Å². The fraction of sp³-hybridized carbons (Fsp3) is 1.00. The van der Waals surface area contributed by atoms with Gasteiger partial charge in [0.2, 0.25) is 0 Å². The van der Waals surface area contributed by atoms with Crippen molar-refractivity contribution in [3.63, 3.8) is 0 Å². The van der Waals surface area contributed by atoms with Gasteiger partial charge in [-0.2, -0.15) is 0 Å². The first-order valence-corrected chi connectivity index (χ1v) is 11.4. The number of rotatable bonds is 19. The van der Waals surface area contributed by atoms with Gasteiger partial charge in [-0.15, -0.1) is 0 Å². The van der Waals surface area contributed by atoms with Gasteiger partial charge >= 0.3 is 0 Å². The summed E-state index contributed by atoms with van der Waals surface area (Å²) in [6.45, 7) is 5.08. The van der Waals surface area contributed by atoms with Crippen LogP contribution in [-0.4, -0.2) is 72.4 Å². The summed E-state index contributed by atoms with van der Waals surface area (Å²) in [4.78, 5) is 1.79. The van der Waals surface area contributed by atoms with Gasteiger partial charge in [0.25, 0.3) is 0 Å². The Bertz CT molecular complexity index is 261. The molecule has 3 N–H and O–H groups in total. The Balaban J connectivity index is 0.000000580. The van der Waals surface area contributed by atoms with Crippen LogP contribution in [0.25, 0.3) is 0 Å². The van der Waals surface area contributed by atoms with Gasteiger partial charge in [-0.05, 0) is 6.42 Å². The molecule has 5 nitrogen and oxygen atoms in total. The lowest BCUT2D eigenvalue weighted by Crippen LogP contribution is -2.32. The highest BCUT2D eigenvalue weighted by Gasteiger charge is 2.20. The molecule has 1 saturated heterocycles. The number of hydrogen-bond donors (Lipinski definition) is 3. The Labute approximate surface area is 168 Å². The molecule has 1 heterocycles. The van der Waals surface area contributed by atoms with E-state index in [4.69, 9.17) is 20.1 Å². The van der Waals surface area contributed by atoms with Gasteiger partial charge in [0.05, 0.1) is 32.5 Å². The number of aliphatic hydroxyl groups is 3. The molecule has 0 amide bonds. The Hall–Kier alpha value is -0.200. The van der Waals surface area contributed by atoms with Gasteiger partial charge in [0.1, 0.15) is 0 Å². The molecule has 5 heteroatoms. The van der Waals surface area contributed by atoms with E-state index in [9.17, 15) is 0 Å². The Morgan fingerprint density at radius 1 is 0.667 bits per heavy atom. The van der Waals surface area contributed by atoms with Crippen molar-refractivity contribution in [1.29, 1.82) is 0 Å². The number of aliphatic hydroxyl groups excluding tert-OH is 3. The highest BCUT2D eigenvalue weighted by Crippen LogP contribution is 2.18. The van der Waals surface area contributed by atoms with Crippen molar-refractivity contribution >= 4 is 0 Å². The maximum Gasteiger partial charge on any atom is 0.0810 e. The molecule has 1 atom stereocenters. The minimum Gasteiger partial charge on any atom is -0.395 e. The number of ether oxygens (including phenoxy) is 1. The highest BCUT2D eigenvalue weighted by molar-refractivity contribution is 4.68. The molecule has 1 aliphatic rings. The fourth-order valence-electron chi connectivity index (χ4n) is 3.21. The van der Waals surface area contributed by atoms with Crippen molar-refractivity contribution in [3.8, 4) is 0 Å². The number of hydrogen-bond acceptors (Lipinski definition) is 5. The first-order chi connectivity index (χ1) is 13.3. The van der Waals surface area contributed by atoms with Crippen LogP contribution in [0.1, 0.15) is 90.4 Å². The lowest BCUT2D eigenvalue weighted by Gasteiger charge is -2.17. The smallest absolute Gasteiger partial charge is 0.0810 e. The standard InChI is InChI=1S/C16H32O.C6H15NO3/c1-2-3-4-5-6-7-8-9-10-11-12-13-14-16-15-17-16;8-4-1-7(2-5-9)3-6-10/h16H,2-15H2,1H3;8-10H,1-6H2. The lowest BCUT2D eigenvalue weighted by molar-refractivity contribution is 0.136. The normalized spacial score (nSPS) is 15.7. The van der Waals surface area contributed by atoms with Gasteiger partial charge in [-0.25, -0.2) is 0 Å². The van der Waals surface area contributed by atoms with Crippen LogP contribution in [0.4, 0.5) is 0 Å². The van der Waals surface area contributed by atoms with Crippen molar-refractivity contribution in [3.05, 3.63) is 0 Å². The maximum absolute atomic E-state index is 8.48. The van der Waals surface area contributed by atoms with Crippen LogP contribution in [0, 0.1) is 0 Å². The Morgan fingerprint density at radius 3 is 1.37 bits per heavy atom. The van der Waals surface area contributed by atoms with Crippen LogP contribution >= 0.6 is 0 Å². The van der Waals surface area contributed by atoms with E-state index in [1.807, 2.05) is 0 Å². The largest absolute Gasteiger partial charge is 0.395 e. The van der Waals surface area contributed by atoms with Crippen LogP contribution in [0.15, 0.2) is 0 Å². The van der Waals surface area contributed by atoms with E-state index in [2.05, 4.69) is 6.92 Å². The SMILES string of the molecule is CCCCCCCCCCCCCCC1CO1.OCCN(CCO)CCO. The third kappa shape index (κ3) is 22.0. The second-order valence-corrected chi connectivity index (χ2v) is 7.65. The molecule has 27 heavy (non-hydrogen) atoms. The highest BCUT2D eigenvalue weighted by atomic mass is 16.6. The molecule has 1 unspecified atom stereocenters. The summed E-state index contributed by atoms with van der Waals surface area (Å²) >= 11 is 0. The molecule has 0 saturated carbocycles. The van der Waals surface area contributed by atoms with E-state index in [1.54, 1.807) is 4.90 Å². The molecule has 1 rings (SSSR count). The summed E-state index contributed by atoms with van der Waals surface area (Å²) in [5, 5.41) is 25.5. The monoisotopic (exact) mass is 389 g/mol. The van der Waals surface area contributed by atoms with Gasteiger partial charge in [-0.1, -0.05) is 84.0 Å². The lowest BCUT2D eigenvalue weighted by atomic mass is 10.0. The average molecular weight is 390 g/mol. The molecule has 0 aromatic heterocycles. The summed E-state index contributed by atoms with van der Waals surface area (Å²) in [5.74, 6) is 0. The molecular formula is C22H47NO4. The zero-order valence-corrected chi connectivity index (χ0v) is 17.9. The summed E-state index contributed by atoms with van der Waals surface area (Å²) in [6, 6.07) is 0. The van der Waals surface area contributed by atoms with E-state index >= 15 is 0 Å². The van der Waals surface area contributed by atoms with Crippen molar-refractivity contribution in [2.24, 2.45) is 0 Å². The summed E-state index contributed by atoms with van der Waals surface area (Å²) in [7, 11) is 0. The van der Waals surface area contributed by atoms with Crippen LogP contribution in [-0.2, 0) is 4.74 Å². The molecule has 0 aromatic rings. The number of unbranched alkanes of at least 4 members (excludes halogenated alkanes) is 11. The molecule has 1 aliphatic heterocycles. The Morgan fingerprint density at radius 2 is 1.04 bits per heavy atom. The topological polar surface area (TPSA) is 76.5 Å². The summed E-state index contributed by atoms with van der Waals surface area (Å²) < 4.78 is 5.21. The van der Waals surface area contributed by atoms with E-state index in [0.29, 0.717) is 25.7 Å². The van der Waals surface area contributed by atoms with Crippen LogP contribution in [0.2, 0.25) is 0 Å². The van der Waals surface area contributed by atoms with E-state index in [-0.39, 0.29) is 19.8 Å². The van der Waals surface area contributed by atoms with Crippen LogP contribution in [0.3, 0.4) is 0 Å². The van der Waals surface area contributed by atoms with E-state index in [0.717, 1.165) is 6.61 Å². The van der Waals surface area contributed by atoms with Crippen molar-refractivity contribution < 1.29 is 20.1 Å². The zero-order valence-electron chi connectivity index (χ0n) is 17.9. The van der Waals surface area contributed by atoms with Gasteiger partial charge < -0.3 is 20.1 Å². The minimum absolute atomic E-state index is 0.0694. The Kier molecular flexibility index (Phi) is 21.9. The third-order valence-corrected chi connectivity index (χ3v) is 5.03. The van der Waals surface area contributed by atoms with Crippen molar-refractivity contribution in [2.75, 3.05) is 46.1 Å². The van der Waals surface area contributed by atoms with Crippen molar-refractivity contribution in [2.45, 2.75) is 96.5 Å². The second-order valence-electron chi connectivity index (χ2n) is 7.65. The predicted octanol–water partition coefficient (Wildman–Crippen LogP) is 3.74. The predicted molar refractivity (Wildman–Crippen MR) is 113 cm³/mol. The maximum atomic E-state index is 8.48. The van der Waals surface area contributed by atoms with E-state index < -0.39 is 0 Å². The molecule has 0 spiro atoms. The molecule has 164 valence electrons. The fourth-order valence-corrected chi connectivity index (χ4v) is 3.21. The molecule has 0 bridgehead atoms. The second kappa shape index (κ2) is 22.1. The van der Waals surface area contributed by atoms with Gasteiger partial charge in [0, 0.05) is 19.6 Å². The zero-order chi connectivity index (χ0) is 20.0. The van der Waals surface area contributed by atoms with Gasteiger partial charge in [0.15, 0.2) is 0 Å². The number of nitrogens with zero attached hydrogens (tertiary/aromatic N) is 1. The van der Waals surface area contributed by atoms with Crippen LogP contribution < -0.4 is 0 Å². The average Bonchev–Trinajstić information content (AvgIpc) is 3.48. The van der Waals surface area contributed by atoms with Crippen LogP contribution in [0.5, 0.6) is 0 Å².